The van der Waals surface area contributed by atoms with Gasteiger partial charge >= 0.3 is 0 Å². The van der Waals surface area contributed by atoms with Crippen LogP contribution in [0, 0.1) is 6.92 Å². The van der Waals surface area contributed by atoms with Crippen LogP contribution in [0.15, 0.2) is 28.8 Å². The van der Waals surface area contributed by atoms with Gasteiger partial charge in [-0.2, -0.15) is 0 Å². The van der Waals surface area contributed by atoms with Gasteiger partial charge in [-0.3, -0.25) is 4.79 Å². The number of hydrogen-bond donors (Lipinski definition) is 2. The topological polar surface area (TPSA) is 83.3 Å². The molecule has 0 radical (unpaired) electrons. The summed E-state index contributed by atoms with van der Waals surface area (Å²) in [5, 5.41) is 11.0. The Morgan fingerprint density at radius 3 is 2.85 bits per heavy atom. The molecule has 2 aromatic heterocycles. The number of nitrogens with zero attached hydrogens (tertiary/aromatic N) is 3. The third-order valence-electron chi connectivity index (χ3n) is 4.70. The molecule has 0 spiro atoms. The van der Waals surface area contributed by atoms with E-state index in [9.17, 15) is 4.79 Å². The molecule has 1 fully saturated rings. The number of benzene rings is 1. The number of aryl methyl sites for hydroxylation is 1. The average molecular weight is 385 g/mol. The summed E-state index contributed by atoms with van der Waals surface area (Å²) < 4.78 is 6.12. The summed E-state index contributed by atoms with van der Waals surface area (Å²) >= 11 is 1.71. The first-order valence-electron chi connectivity index (χ1n) is 9.28. The summed E-state index contributed by atoms with van der Waals surface area (Å²) in [6.45, 7) is 5.94. The lowest BCUT2D eigenvalue weighted by Crippen LogP contribution is -2.34. The molecular weight excluding hydrogens is 362 g/mol. The number of rotatable bonds is 6. The van der Waals surface area contributed by atoms with Gasteiger partial charge in [0.15, 0.2) is 10.9 Å². The van der Waals surface area contributed by atoms with Gasteiger partial charge in [-0.15, -0.1) is 0 Å². The second kappa shape index (κ2) is 7.56. The maximum atomic E-state index is 12.5. The number of carbonyl (C=O) groups excluding carboxylic acids is 1. The first-order valence-corrected chi connectivity index (χ1v) is 10.1. The Kier molecular flexibility index (Phi) is 4.98. The molecule has 7 nitrogen and oxygen atoms in total. The van der Waals surface area contributed by atoms with E-state index < -0.39 is 0 Å². The number of thiazole rings is 1. The van der Waals surface area contributed by atoms with E-state index in [2.05, 4.69) is 26.8 Å². The Labute approximate surface area is 161 Å². The molecule has 1 atom stereocenters. The zero-order chi connectivity index (χ0) is 18.8. The molecule has 0 bridgehead atoms. The van der Waals surface area contributed by atoms with Crippen LogP contribution in [0.5, 0.6) is 0 Å². The first kappa shape index (κ1) is 17.8. The Morgan fingerprint density at radius 1 is 1.33 bits per heavy atom. The summed E-state index contributed by atoms with van der Waals surface area (Å²) in [6.07, 6.45) is 3.13. The molecule has 0 aliphatic carbocycles. The van der Waals surface area contributed by atoms with Gasteiger partial charge in [-0.05, 0) is 44.4 Å². The van der Waals surface area contributed by atoms with Crippen LogP contribution in [0.3, 0.4) is 0 Å². The van der Waals surface area contributed by atoms with Gasteiger partial charge in [0, 0.05) is 24.8 Å². The quantitative estimate of drug-likeness (QED) is 0.667. The normalized spacial score (nSPS) is 15.3. The number of amides is 1. The van der Waals surface area contributed by atoms with E-state index in [0.717, 1.165) is 34.1 Å². The predicted octanol–water partition coefficient (Wildman–Crippen LogP) is 4.02. The molecule has 27 heavy (non-hydrogen) atoms. The molecule has 142 valence electrons. The molecular formula is C19H23N5O2S. The van der Waals surface area contributed by atoms with Crippen molar-refractivity contribution >= 4 is 44.1 Å². The Balaban J connectivity index is 1.47. The van der Waals surface area contributed by atoms with E-state index in [1.54, 1.807) is 24.3 Å². The maximum absolute atomic E-state index is 12.5. The number of carbonyl (C=O) groups is 1. The lowest BCUT2D eigenvalue weighted by molar-refractivity contribution is -0.117. The van der Waals surface area contributed by atoms with Gasteiger partial charge < -0.3 is 20.1 Å². The van der Waals surface area contributed by atoms with Crippen molar-refractivity contribution in [2.75, 3.05) is 28.6 Å². The number of anilines is 3. The molecule has 3 heterocycles. The van der Waals surface area contributed by atoms with E-state index in [1.807, 2.05) is 19.1 Å². The van der Waals surface area contributed by atoms with Crippen molar-refractivity contribution in [3.8, 4) is 0 Å². The predicted molar refractivity (Wildman–Crippen MR) is 109 cm³/mol. The summed E-state index contributed by atoms with van der Waals surface area (Å²) in [5.41, 5.74) is 1.92. The highest BCUT2D eigenvalue weighted by Gasteiger charge is 2.19. The lowest BCUT2D eigenvalue weighted by atomic mass is 10.2. The highest BCUT2D eigenvalue weighted by molar-refractivity contribution is 7.22. The Bertz CT molecular complexity index is 945. The van der Waals surface area contributed by atoms with Crippen LogP contribution in [0.4, 0.5) is 16.6 Å². The maximum Gasteiger partial charge on any atom is 0.248 e. The smallest absolute Gasteiger partial charge is 0.248 e. The van der Waals surface area contributed by atoms with Crippen LogP contribution in [0.2, 0.25) is 0 Å². The Morgan fingerprint density at radius 2 is 2.15 bits per heavy atom. The van der Waals surface area contributed by atoms with Crippen LogP contribution in [-0.4, -0.2) is 35.2 Å². The van der Waals surface area contributed by atoms with Crippen LogP contribution in [0.1, 0.15) is 31.9 Å². The highest BCUT2D eigenvalue weighted by Crippen LogP contribution is 2.32. The molecule has 1 amide bonds. The van der Waals surface area contributed by atoms with Crippen molar-refractivity contribution in [2.45, 2.75) is 39.2 Å². The molecule has 0 saturated carbocycles. The number of aromatic nitrogens is 2. The zero-order valence-corrected chi connectivity index (χ0v) is 16.3. The monoisotopic (exact) mass is 385 g/mol. The van der Waals surface area contributed by atoms with Gasteiger partial charge in [0.1, 0.15) is 11.8 Å². The fraction of sp³-hybridized carbons (Fsp3) is 0.421. The van der Waals surface area contributed by atoms with Crippen molar-refractivity contribution in [3.63, 3.8) is 0 Å². The molecule has 2 N–H and O–H groups in total. The average Bonchev–Trinajstić information content (AvgIpc) is 3.39. The minimum Gasteiger partial charge on any atom is -0.374 e. The second-order valence-electron chi connectivity index (χ2n) is 6.79. The zero-order valence-electron chi connectivity index (χ0n) is 15.5. The van der Waals surface area contributed by atoms with Crippen LogP contribution >= 0.6 is 11.3 Å². The standard InChI is InChI=1S/C19H23N5O2S/c1-3-14(18(25)22-17-10-12(2)26-23-17)20-13-6-7-15-16(11-13)27-19(21-15)24-8-4-5-9-24/h6-7,10-11,14,20H,3-5,8-9H2,1-2H3,(H,22,23,25)/t14-/m1/s1. The van der Waals surface area contributed by atoms with Crippen molar-refractivity contribution in [2.24, 2.45) is 0 Å². The van der Waals surface area contributed by atoms with Gasteiger partial charge in [0.2, 0.25) is 5.91 Å². The van der Waals surface area contributed by atoms with Crippen molar-refractivity contribution in [3.05, 3.63) is 30.0 Å². The van der Waals surface area contributed by atoms with Crippen LogP contribution in [-0.2, 0) is 4.79 Å². The summed E-state index contributed by atoms with van der Waals surface area (Å²) in [6, 6.07) is 7.41. The van der Waals surface area contributed by atoms with Crippen LogP contribution < -0.4 is 15.5 Å². The lowest BCUT2D eigenvalue weighted by Gasteiger charge is -2.17. The summed E-state index contributed by atoms with van der Waals surface area (Å²) in [5.74, 6) is 0.967. The Hall–Kier alpha value is -2.61. The third kappa shape index (κ3) is 3.90. The molecule has 1 aliphatic rings. The highest BCUT2D eigenvalue weighted by atomic mass is 32.1. The van der Waals surface area contributed by atoms with E-state index >= 15 is 0 Å². The fourth-order valence-electron chi connectivity index (χ4n) is 3.24. The van der Waals surface area contributed by atoms with E-state index in [4.69, 9.17) is 9.51 Å². The number of nitrogens with one attached hydrogen (secondary N) is 2. The molecule has 0 unspecified atom stereocenters. The number of fused-ring (bicyclic) bond motifs is 1. The molecule has 1 aliphatic heterocycles. The molecule has 8 heteroatoms. The molecule has 1 aromatic carbocycles. The van der Waals surface area contributed by atoms with Gasteiger partial charge in [-0.25, -0.2) is 4.98 Å². The minimum atomic E-state index is -0.356. The fourth-order valence-corrected chi connectivity index (χ4v) is 4.30. The summed E-state index contributed by atoms with van der Waals surface area (Å²) in [7, 11) is 0. The second-order valence-corrected chi connectivity index (χ2v) is 7.80. The van der Waals surface area contributed by atoms with Crippen LogP contribution in [0.25, 0.3) is 10.2 Å². The first-order chi connectivity index (χ1) is 13.1. The van der Waals surface area contributed by atoms with Crippen molar-refractivity contribution in [1.29, 1.82) is 0 Å². The van der Waals surface area contributed by atoms with E-state index in [0.29, 0.717) is 18.0 Å². The van der Waals surface area contributed by atoms with E-state index in [1.165, 1.54) is 12.8 Å². The minimum absolute atomic E-state index is 0.132. The molecule has 3 aromatic rings. The largest absolute Gasteiger partial charge is 0.374 e. The van der Waals surface area contributed by atoms with Crippen molar-refractivity contribution < 1.29 is 9.32 Å². The SMILES string of the molecule is CC[C@@H](Nc1ccc2nc(N3CCCC3)sc2c1)C(=O)Nc1cc(C)on1. The number of hydrogen-bond acceptors (Lipinski definition) is 7. The van der Waals surface area contributed by atoms with Gasteiger partial charge in [-0.1, -0.05) is 23.4 Å². The molecule has 4 rings (SSSR count). The van der Waals surface area contributed by atoms with Gasteiger partial charge in [0.25, 0.3) is 0 Å². The summed E-state index contributed by atoms with van der Waals surface area (Å²) in [4.78, 5) is 19.6. The molecule has 1 saturated heterocycles. The third-order valence-corrected chi connectivity index (χ3v) is 5.78. The van der Waals surface area contributed by atoms with Gasteiger partial charge in [0.05, 0.1) is 10.2 Å². The van der Waals surface area contributed by atoms with Crippen molar-refractivity contribution in [1.82, 2.24) is 10.1 Å². The van der Waals surface area contributed by atoms with E-state index in [-0.39, 0.29) is 11.9 Å².